The molecule has 2 atom stereocenters. The number of aliphatic hydroxyl groups excluding tert-OH is 1. The Bertz CT molecular complexity index is 707. The van der Waals surface area contributed by atoms with Crippen molar-refractivity contribution in [3.63, 3.8) is 0 Å². The van der Waals surface area contributed by atoms with Crippen molar-refractivity contribution in [2.75, 3.05) is 6.54 Å². The van der Waals surface area contributed by atoms with Crippen LogP contribution in [0.3, 0.4) is 0 Å². The van der Waals surface area contributed by atoms with Crippen LogP contribution in [0.2, 0.25) is 0 Å². The molecule has 6 heteroatoms. The van der Waals surface area contributed by atoms with E-state index in [-0.39, 0.29) is 12.1 Å². The van der Waals surface area contributed by atoms with E-state index < -0.39 is 11.7 Å². The Morgan fingerprint density at radius 3 is 2.91 bits per heavy atom. The fourth-order valence-electron chi connectivity index (χ4n) is 2.90. The number of β-amino-alcohol motifs (C(OH)–C–C–N with tert-alkyl or cyclic N) is 1. The third-order valence-corrected chi connectivity index (χ3v) is 4.73. The first-order valence-electron chi connectivity index (χ1n) is 7.84. The number of aliphatic hydroxyl groups is 1. The van der Waals surface area contributed by atoms with Crippen LogP contribution in [-0.2, 0) is 4.74 Å². The normalized spacial score (nSPS) is 22.3. The molecule has 3 rings (SSSR count). The van der Waals surface area contributed by atoms with E-state index in [1.54, 1.807) is 16.2 Å². The molecule has 1 aromatic heterocycles. The molecule has 124 valence electrons. The van der Waals surface area contributed by atoms with Crippen LogP contribution in [0.5, 0.6) is 0 Å². The number of amides is 1. The summed E-state index contributed by atoms with van der Waals surface area (Å²) in [6.07, 6.45) is 0.524. The van der Waals surface area contributed by atoms with Crippen LogP contribution >= 0.6 is 11.3 Å². The maximum absolute atomic E-state index is 12.5. The Morgan fingerprint density at radius 2 is 2.17 bits per heavy atom. The summed E-state index contributed by atoms with van der Waals surface area (Å²) in [5.41, 5.74) is 3.26. The number of hydrogen-bond acceptors (Lipinski definition) is 5. The number of thiazole rings is 1. The number of ether oxygens (including phenoxy) is 1. The summed E-state index contributed by atoms with van der Waals surface area (Å²) in [6, 6.07) is 6.03. The molecule has 0 bridgehead atoms. The van der Waals surface area contributed by atoms with Crippen molar-refractivity contribution in [1.29, 1.82) is 0 Å². The van der Waals surface area contributed by atoms with Crippen molar-refractivity contribution in [1.82, 2.24) is 9.88 Å². The summed E-state index contributed by atoms with van der Waals surface area (Å²) >= 11 is 1.60. The molecule has 1 aromatic carbocycles. The largest absolute Gasteiger partial charge is 0.444 e. The zero-order valence-electron chi connectivity index (χ0n) is 13.7. The first-order valence-corrected chi connectivity index (χ1v) is 8.72. The van der Waals surface area contributed by atoms with E-state index in [0.29, 0.717) is 13.0 Å². The van der Waals surface area contributed by atoms with Crippen molar-refractivity contribution in [2.24, 2.45) is 0 Å². The Hall–Kier alpha value is -1.66. The van der Waals surface area contributed by atoms with E-state index in [4.69, 9.17) is 4.74 Å². The molecule has 5 nitrogen and oxygen atoms in total. The number of nitrogens with zero attached hydrogens (tertiary/aromatic N) is 2. The van der Waals surface area contributed by atoms with E-state index >= 15 is 0 Å². The molecule has 1 N–H and O–H groups in total. The molecule has 2 unspecified atom stereocenters. The highest BCUT2D eigenvalue weighted by Gasteiger charge is 2.34. The molecule has 0 spiro atoms. The molecule has 0 aliphatic carbocycles. The Kier molecular flexibility index (Phi) is 4.29. The SMILES string of the molecule is CC(C)(C)OC(=O)N1CC(O)CCC1c1ccc2scnc2c1. The number of benzene rings is 1. The summed E-state index contributed by atoms with van der Waals surface area (Å²) in [7, 11) is 0. The van der Waals surface area contributed by atoms with Crippen molar-refractivity contribution < 1.29 is 14.6 Å². The quantitative estimate of drug-likeness (QED) is 0.863. The van der Waals surface area contributed by atoms with Crippen molar-refractivity contribution in [3.8, 4) is 0 Å². The molecule has 1 fully saturated rings. The Morgan fingerprint density at radius 1 is 1.39 bits per heavy atom. The van der Waals surface area contributed by atoms with Gasteiger partial charge in [0.1, 0.15) is 5.60 Å². The van der Waals surface area contributed by atoms with Crippen molar-refractivity contribution in [3.05, 3.63) is 29.3 Å². The van der Waals surface area contributed by atoms with Crippen LogP contribution in [0.4, 0.5) is 4.79 Å². The zero-order chi connectivity index (χ0) is 16.6. The third kappa shape index (κ3) is 3.64. The minimum absolute atomic E-state index is 0.0839. The van der Waals surface area contributed by atoms with E-state index in [0.717, 1.165) is 22.2 Å². The molecule has 1 aliphatic rings. The van der Waals surface area contributed by atoms with Gasteiger partial charge in [-0.25, -0.2) is 9.78 Å². The number of likely N-dealkylation sites (tertiary alicyclic amines) is 1. The second-order valence-electron chi connectivity index (χ2n) is 6.96. The molecule has 0 radical (unpaired) electrons. The Labute approximate surface area is 139 Å². The highest BCUT2D eigenvalue weighted by atomic mass is 32.1. The van der Waals surface area contributed by atoms with Crippen LogP contribution in [0.15, 0.2) is 23.7 Å². The van der Waals surface area contributed by atoms with Crippen LogP contribution in [0.25, 0.3) is 10.2 Å². The number of carbonyl (C=O) groups is 1. The van der Waals surface area contributed by atoms with Crippen LogP contribution in [0, 0.1) is 0 Å². The monoisotopic (exact) mass is 334 g/mol. The van der Waals surface area contributed by atoms with Gasteiger partial charge in [0.05, 0.1) is 34.4 Å². The van der Waals surface area contributed by atoms with Gasteiger partial charge in [0.2, 0.25) is 0 Å². The fourth-order valence-corrected chi connectivity index (χ4v) is 3.56. The van der Waals surface area contributed by atoms with Gasteiger partial charge in [-0.15, -0.1) is 11.3 Å². The van der Waals surface area contributed by atoms with Gasteiger partial charge in [-0.2, -0.15) is 0 Å². The minimum atomic E-state index is -0.553. The minimum Gasteiger partial charge on any atom is -0.444 e. The fraction of sp³-hybridized carbons (Fsp3) is 0.529. The summed E-state index contributed by atoms with van der Waals surface area (Å²) in [5, 5.41) is 9.97. The van der Waals surface area contributed by atoms with Crippen LogP contribution in [-0.4, -0.2) is 39.3 Å². The van der Waals surface area contributed by atoms with E-state index in [1.807, 2.05) is 44.5 Å². The average molecular weight is 334 g/mol. The lowest BCUT2D eigenvalue weighted by atomic mass is 9.94. The van der Waals surface area contributed by atoms with Gasteiger partial charge in [-0.3, -0.25) is 4.90 Å². The smallest absolute Gasteiger partial charge is 0.410 e. The molecule has 0 saturated carbocycles. The predicted molar refractivity (Wildman–Crippen MR) is 90.5 cm³/mol. The number of fused-ring (bicyclic) bond motifs is 1. The molecule has 1 saturated heterocycles. The number of piperidine rings is 1. The molecule has 1 aliphatic heterocycles. The molecule has 2 aromatic rings. The van der Waals surface area contributed by atoms with Crippen molar-refractivity contribution in [2.45, 2.75) is 51.4 Å². The van der Waals surface area contributed by atoms with E-state index in [2.05, 4.69) is 4.98 Å². The van der Waals surface area contributed by atoms with Gasteiger partial charge in [0.15, 0.2) is 0 Å². The maximum atomic E-state index is 12.5. The molecule has 23 heavy (non-hydrogen) atoms. The average Bonchev–Trinajstić information content (AvgIpc) is 2.92. The lowest BCUT2D eigenvalue weighted by Gasteiger charge is -2.39. The topological polar surface area (TPSA) is 62.7 Å². The standard InChI is InChI=1S/C17H22N2O3S/c1-17(2,3)22-16(21)19-9-12(20)5-6-14(19)11-4-7-15-13(8-11)18-10-23-15/h4,7-8,10,12,14,20H,5-6,9H2,1-3H3. The molecule has 2 heterocycles. The molecular weight excluding hydrogens is 312 g/mol. The first-order chi connectivity index (χ1) is 10.8. The molecule has 1 amide bonds. The molecular formula is C17H22N2O3S. The summed E-state index contributed by atoms with van der Waals surface area (Å²) < 4.78 is 6.64. The number of carbonyl (C=O) groups excluding carboxylic acids is 1. The first kappa shape index (κ1) is 16.2. The summed E-state index contributed by atoms with van der Waals surface area (Å²) in [6.45, 7) is 5.85. The number of rotatable bonds is 1. The van der Waals surface area contributed by atoms with E-state index in [9.17, 15) is 9.90 Å². The van der Waals surface area contributed by atoms with Gasteiger partial charge in [0, 0.05) is 0 Å². The summed E-state index contributed by atoms with van der Waals surface area (Å²) in [4.78, 5) is 18.5. The number of aromatic nitrogens is 1. The predicted octanol–water partition coefficient (Wildman–Crippen LogP) is 3.73. The lowest BCUT2D eigenvalue weighted by Crippen LogP contribution is -2.46. The van der Waals surface area contributed by atoms with Gasteiger partial charge >= 0.3 is 6.09 Å². The van der Waals surface area contributed by atoms with Gasteiger partial charge < -0.3 is 9.84 Å². The maximum Gasteiger partial charge on any atom is 0.410 e. The van der Waals surface area contributed by atoms with Crippen molar-refractivity contribution >= 4 is 27.6 Å². The third-order valence-electron chi connectivity index (χ3n) is 3.92. The van der Waals surface area contributed by atoms with Crippen LogP contribution < -0.4 is 0 Å². The van der Waals surface area contributed by atoms with Gasteiger partial charge in [0.25, 0.3) is 0 Å². The number of hydrogen-bond donors (Lipinski definition) is 1. The van der Waals surface area contributed by atoms with Gasteiger partial charge in [-0.1, -0.05) is 6.07 Å². The lowest BCUT2D eigenvalue weighted by molar-refractivity contribution is -0.0134. The Balaban J connectivity index is 1.89. The summed E-state index contributed by atoms with van der Waals surface area (Å²) in [5.74, 6) is 0. The van der Waals surface area contributed by atoms with Gasteiger partial charge in [-0.05, 0) is 51.3 Å². The highest BCUT2D eigenvalue weighted by molar-refractivity contribution is 7.16. The highest BCUT2D eigenvalue weighted by Crippen LogP contribution is 2.34. The zero-order valence-corrected chi connectivity index (χ0v) is 14.5. The van der Waals surface area contributed by atoms with Crippen LogP contribution in [0.1, 0.15) is 45.2 Å². The van der Waals surface area contributed by atoms with E-state index in [1.165, 1.54) is 0 Å². The second kappa shape index (κ2) is 6.09. The second-order valence-corrected chi connectivity index (χ2v) is 7.85.